The molecule has 5 nitrogen and oxygen atoms in total. The number of furan rings is 1. The molecule has 5 heteroatoms. The molecule has 2 aromatic rings. The average Bonchev–Trinajstić information content (AvgIpc) is 3.07. The van der Waals surface area contributed by atoms with Crippen molar-refractivity contribution >= 4 is 5.96 Å². The number of hydrogen-bond acceptors (Lipinski definition) is 3. The molecule has 0 atom stereocenters. The van der Waals surface area contributed by atoms with Crippen molar-refractivity contribution in [1.29, 1.82) is 0 Å². The monoisotopic (exact) mass is 301 g/mol. The maximum absolute atomic E-state index is 5.30. The van der Waals surface area contributed by atoms with Gasteiger partial charge in [0.2, 0.25) is 0 Å². The zero-order valence-corrected chi connectivity index (χ0v) is 13.1. The Bertz CT molecular complexity index is 562. The zero-order chi connectivity index (χ0) is 15.6. The number of nitrogens with one attached hydrogen (secondary N) is 2. The molecule has 0 saturated carbocycles. The highest BCUT2D eigenvalue weighted by Crippen LogP contribution is 2.11. The smallest absolute Gasteiger partial charge is 0.191 e. The minimum atomic E-state index is 0.787. The van der Waals surface area contributed by atoms with Crippen LogP contribution in [-0.2, 0) is 12.8 Å². The fraction of sp³-hybridized carbons (Fsp3) is 0.353. The van der Waals surface area contributed by atoms with Gasteiger partial charge in [0.15, 0.2) is 5.96 Å². The predicted molar refractivity (Wildman–Crippen MR) is 88.5 cm³/mol. The first-order valence-electron chi connectivity index (χ1n) is 7.41. The summed E-state index contributed by atoms with van der Waals surface area (Å²) >= 11 is 0. The maximum atomic E-state index is 5.30. The van der Waals surface area contributed by atoms with Gasteiger partial charge >= 0.3 is 0 Å². The number of ether oxygens (including phenoxy) is 1. The summed E-state index contributed by atoms with van der Waals surface area (Å²) in [7, 11) is 3.45. The van der Waals surface area contributed by atoms with Gasteiger partial charge in [-0.2, -0.15) is 0 Å². The Labute approximate surface area is 131 Å². The molecule has 1 aromatic heterocycles. The van der Waals surface area contributed by atoms with Gasteiger partial charge in [-0.25, -0.2) is 0 Å². The number of rotatable bonds is 7. The molecule has 0 aliphatic heterocycles. The Balaban J connectivity index is 1.67. The molecule has 2 N–H and O–H groups in total. The van der Waals surface area contributed by atoms with E-state index in [0.29, 0.717) is 0 Å². The summed E-state index contributed by atoms with van der Waals surface area (Å²) in [5.74, 6) is 2.66. The summed E-state index contributed by atoms with van der Waals surface area (Å²) in [5, 5.41) is 6.57. The van der Waals surface area contributed by atoms with E-state index in [2.05, 4.69) is 27.8 Å². The van der Waals surface area contributed by atoms with Gasteiger partial charge in [-0.1, -0.05) is 12.1 Å². The molecule has 0 radical (unpaired) electrons. The number of aliphatic imine (C=N–C) groups is 1. The van der Waals surface area contributed by atoms with Crippen LogP contribution < -0.4 is 15.4 Å². The van der Waals surface area contributed by atoms with Gasteiger partial charge in [-0.15, -0.1) is 0 Å². The summed E-state index contributed by atoms with van der Waals surface area (Å²) in [6.45, 7) is 1.61. The molecule has 0 bridgehead atoms. The zero-order valence-electron chi connectivity index (χ0n) is 13.1. The summed E-state index contributed by atoms with van der Waals surface area (Å²) in [4.78, 5) is 4.21. The Morgan fingerprint density at radius 2 is 1.82 bits per heavy atom. The maximum Gasteiger partial charge on any atom is 0.191 e. The molecule has 1 aromatic carbocycles. The summed E-state index contributed by atoms with van der Waals surface area (Å²) < 4.78 is 10.4. The van der Waals surface area contributed by atoms with E-state index in [4.69, 9.17) is 9.15 Å². The average molecular weight is 301 g/mol. The largest absolute Gasteiger partial charge is 0.497 e. The van der Waals surface area contributed by atoms with E-state index >= 15 is 0 Å². The van der Waals surface area contributed by atoms with Crippen LogP contribution >= 0.6 is 0 Å². The van der Waals surface area contributed by atoms with E-state index in [1.807, 2.05) is 24.3 Å². The highest BCUT2D eigenvalue weighted by atomic mass is 16.5. The van der Waals surface area contributed by atoms with Crippen molar-refractivity contribution < 1.29 is 9.15 Å². The van der Waals surface area contributed by atoms with Crippen molar-refractivity contribution in [2.75, 3.05) is 27.2 Å². The van der Waals surface area contributed by atoms with E-state index in [1.165, 1.54) is 5.56 Å². The Kier molecular flexibility index (Phi) is 6.36. The van der Waals surface area contributed by atoms with Gasteiger partial charge < -0.3 is 19.8 Å². The first-order valence-corrected chi connectivity index (χ1v) is 7.41. The third kappa shape index (κ3) is 5.16. The normalized spacial score (nSPS) is 11.3. The summed E-state index contributed by atoms with van der Waals surface area (Å²) in [5.41, 5.74) is 1.26. The van der Waals surface area contributed by atoms with Crippen LogP contribution in [0, 0.1) is 0 Å². The minimum Gasteiger partial charge on any atom is -0.497 e. The van der Waals surface area contributed by atoms with E-state index < -0.39 is 0 Å². The first kappa shape index (κ1) is 15.9. The minimum absolute atomic E-state index is 0.787. The Hall–Kier alpha value is -2.43. The third-order valence-corrected chi connectivity index (χ3v) is 3.33. The van der Waals surface area contributed by atoms with Crippen LogP contribution in [0.5, 0.6) is 5.75 Å². The fourth-order valence-electron chi connectivity index (χ4n) is 2.10. The number of methoxy groups -OCH3 is 1. The lowest BCUT2D eigenvalue weighted by atomic mass is 10.1. The Morgan fingerprint density at radius 3 is 2.41 bits per heavy atom. The van der Waals surface area contributed by atoms with Crippen LogP contribution in [0.15, 0.2) is 52.1 Å². The predicted octanol–water partition coefficient (Wildman–Crippen LogP) is 2.24. The SMILES string of the molecule is CN=C(NCCc1ccc(OC)cc1)NCCc1ccco1. The topological polar surface area (TPSA) is 58.8 Å². The fourth-order valence-corrected chi connectivity index (χ4v) is 2.10. The van der Waals surface area contributed by atoms with Crippen molar-refractivity contribution in [2.45, 2.75) is 12.8 Å². The van der Waals surface area contributed by atoms with Crippen molar-refractivity contribution in [3.63, 3.8) is 0 Å². The van der Waals surface area contributed by atoms with Crippen LogP contribution in [0.2, 0.25) is 0 Å². The van der Waals surface area contributed by atoms with Crippen molar-refractivity contribution in [2.24, 2.45) is 4.99 Å². The molecule has 0 amide bonds. The highest BCUT2D eigenvalue weighted by Gasteiger charge is 2.00. The van der Waals surface area contributed by atoms with E-state index in [0.717, 1.165) is 43.4 Å². The quantitative estimate of drug-likeness (QED) is 0.608. The molecule has 0 saturated heterocycles. The second kappa shape index (κ2) is 8.77. The number of hydrogen-bond donors (Lipinski definition) is 2. The second-order valence-corrected chi connectivity index (χ2v) is 4.85. The Morgan fingerprint density at radius 1 is 1.09 bits per heavy atom. The summed E-state index contributed by atoms with van der Waals surface area (Å²) in [6, 6.07) is 12.0. The van der Waals surface area contributed by atoms with Gasteiger partial charge in [-0.3, -0.25) is 4.99 Å². The van der Waals surface area contributed by atoms with Gasteiger partial charge in [0.25, 0.3) is 0 Å². The van der Waals surface area contributed by atoms with Gasteiger partial charge in [0.05, 0.1) is 13.4 Å². The van der Waals surface area contributed by atoms with Gasteiger partial charge in [-0.05, 0) is 36.2 Å². The van der Waals surface area contributed by atoms with Gasteiger partial charge in [0, 0.05) is 26.6 Å². The molecule has 0 aliphatic rings. The molecular weight excluding hydrogens is 278 g/mol. The van der Waals surface area contributed by atoms with Crippen molar-refractivity contribution in [3.8, 4) is 5.75 Å². The van der Waals surface area contributed by atoms with E-state index in [1.54, 1.807) is 20.4 Å². The third-order valence-electron chi connectivity index (χ3n) is 3.33. The number of benzene rings is 1. The molecule has 0 spiro atoms. The van der Waals surface area contributed by atoms with Crippen LogP contribution in [0.3, 0.4) is 0 Å². The van der Waals surface area contributed by atoms with Crippen LogP contribution in [-0.4, -0.2) is 33.2 Å². The standard InChI is InChI=1S/C17H23N3O2/c1-18-17(20-12-10-16-4-3-13-22-16)19-11-9-14-5-7-15(21-2)8-6-14/h3-8,13H,9-12H2,1-2H3,(H2,18,19,20). The molecule has 2 rings (SSSR count). The van der Waals surface area contributed by atoms with Crippen molar-refractivity contribution in [3.05, 3.63) is 54.0 Å². The molecule has 0 aliphatic carbocycles. The van der Waals surface area contributed by atoms with Crippen LogP contribution in [0.4, 0.5) is 0 Å². The molecule has 0 fully saturated rings. The van der Waals surface area contributed by atoms with Gasteiger partial charge in [0.1, 0.15) is 11.5 Å². The van der Waals surface area contributed by atoms with E-state index in [9.17, 15) is 0 Å². The van der Waals surface area contributed by atoms with E-state index in [-0.39, 0.29) is 0 Å². The molecule has 0 unspecified atom stereocenters. The number of guanidine groups is 1. The lowest BCUT2D eigenvalue weighted by molar-refractivity contribution is 0.414. The van der Waals surface area contributed by atoms with Crippen LogP contribution in [0.1, 0.15) is 11.3 Å². The molecule has 118 valence electrons. The lowest BCUT2D eigenvalue weighted by Gasteiger charge is -2.11. The molecular formula is C17H23N3O2. The highest BCUT2D eigenvalue weighted by molar-refractivity contribution is 5.79. The molecule has 1 heterocycles. The van der Waals surface area contributed by atoms with Crippen LogP contribution in [0.25, 0.3) is 0 Å². The number of nitrogens with zero attached hydrogens (tertiary/aromatic N) is 1. The lowest BCUT2D eigenvalue weighted by Crippen LogP contribution is -2.39. The molecule has 22 heavy (non-hydrogen) atoms. The van der Waals surface area contributed by atoms with Crippen molar-refractivity contribution in [1.82, 2.24) is 10.6 Å². The second-order valence-electron chi connectivity index (χ2n) is 4.85. The first-order chi connectivity index (χ1) is 10.8. The summed E-state index contributed by atoms with van der Waals surface area (Å²) in [6.07, 6.45) is 3.46.